The minimum absolute atomic E-state index is 0.226. The Labute approximate surface area is 183 Å². The average molecular weight is 434 g/mol. The monoisotopic (exact) mass is 434 g/mol. The highest BCUT2D eigenvalue weighted by molar-refractivity contribution is 6.07. The molecule has 0 bridgehead atoms. The van der Waals surface area contributed by atoms with Crippen molar-refractivity contribution in [3.05, 3.63) is 71.2 Å². The number of halogens is 1. The van der Waals surface area contributed by atoms with Crippen molar-refractivity contribution in [3.63, 3.8) is 0 Å². The highest BCUT2D eigenvalue weighted by Crippen LogP contribution is 2.33. The molecular formula is C23H23FN6O2. The molecule has 0 saturated carbocycles. The van der Waals surface area contributed by atoms with E-state index in [4.69, 9.17) is 5.73 Å². The van der Waals surface area contributed by atoms with E-state index in [0.717, 1.165) is 11.3 Å². The molecule has 4 rings (SSSR count). The first-order valence-corrected chi connectivity index (χ1v) is 10.0. The molecule has 1 atom stereocenters. The van der Waals surface area contributed by atoms with Crippen LogP contribution in [0.4, 0.5) is 10.1 Å². The van der Waals surface area contributed by atoms with Gasteiger partial charge in [-0.05, 0) is 49.2 Å². The molecule has 1 unspecified atom stereocenters. The Morgan fingerprint density at radius 1 is 1.31 bits per heavy atom. The minimum atomic E-state index is -0.693. The predicted molar refractivity (Wildman–Crippen MR) is 119 cm³/mol. The van der Waals surface area contributed by atoms with Gasteiger partial charge in [-0.2, -0.15) is 9.49 Å². The zero-order valence-corrected chi connectivity index (χ0v) is 17.9. The van der Waals surface area contributed by atoms with Gasteiger partial charge in [0, 0.05) is 30.4 Å². The maximum absolute atomic E-state index is 14.6. The quantitative estimate of drug-likeness (QED) is 0.401. The van der Waals surface area contributed by atoms with E-state index in [9.17, 15) is 14.3 Å². The first-order valence-electron chi connectivity index (χ1n) is 10.0. The van der Waals surface area contributed by atoms with Crippen LogP contribution in [-0.4, -0.2) is 30.8 Å². The number of pyridine rings is 2. The lowest BCUT2D eigenvalue weighted by Gasteiger charge is -2.19. The Balaban J connectivity index is 1.86. The van der Waals surface area contributed by atoms with E-state index >= 15 is 0 Å². The van der Waals surface area contributed by atoms with Crippen LogP contribution in [0.2, 0.25) is 0 Å². The van der Waals surface area contributed by atoms with Gasteiger partial charge in [0.05, 0.1) is 40.8 Å². The summed E-state index contributed by atoms with van der Waals surface area (Å²) >= 11 is 0. The van der Waals surface area contributed by atoms with E-state index < -0.39 is 11.9 Å². The maximum Gasteiger partial charge on any atom is 0.252 e. The van der Waals surface area contributed by atoms with Crippen LogP contribution in [0.1, 0.15) is 40.3 Å². The fourth-order valence-corrected chi connectivity index (χ4v) is 3.81. The van der Waals surface area contributed by atoms with E-state index in [-0.39, 0.29) is 29.5 Å². The van der Waals surface area contributed by atoms with Crippen molar-refractivity contribution < 1.29 is 14.3 Å². The normalized spacial score (nSPS) is 12.2. The Morgan fingerprint density at radius 2 is 2.09 bits per heavy atom. The number of primary amides is 1. The molecule has 3 aromatic heterocycles. The minimum Gasteiger partial charge on any atom is -0.390 e. The molecule has 0 fully saturated rings. The molecule has 0 radical (unpaired) electrons. The van der Waals surface area contributed by atoms with Gasteiger partial charge in [0.1, 0.15) is 0 Å². The number of hydrogen-bond acceptors (Lipinski definition) is 6. The zero-order chi connectivity index (χ0) is 23.0. The average Bonchev–Trinajstić information content (AvgIpc) is 3.11. The summed E-state index contributed by atoms with van der Waals surface area (Å²) in [5, 5.41) is 17.7. The molecule has 164 valence electrons. The lowest BCUT2D eigenvalue weighted by Crippen LogP contribution is -2.17. The standard InChI is InChI=1S/C23H23FN6O2/c1-12-10-30(3)29-20(12)13(2)27-21-17-8-14(16-6-5-15(11-31)28-22(16)24)4-7-19(17)26-9-18(21)23(25)32/h4-10,13,31H,11H2,1-3H3,(H2,25,32)(H,26,27). The van der Waals surface area contributed by atoms with Gasteiger partial charge in [-0.3, -0.25) is 14.5 Å². The van der Waals surface area contributed by atoms with Crippen LogP contribution in [0.3, 0.4) is 0 Å². The highest BCUT2D eigenvalue weighted by atomic mass is 19.1. The van der Waals surface area contributed by atoms with Gasteiger partial charge in [-0.25, -0.2) is 4.98 Å². The van der Waals surface area contributed by atoms with Gasteiger partial charge in [0.25, 0.3) is 5.91 Å². The van der Waals surface area contributed by atoms with Crippen LogP contribution in [-0.2, 0) is 13.7 Å². The number of amides is 1. The third kappa shape index (κ3) is 3.90. The summed E-state index contributed by atoms with van der Waals surface area (Å²) in [6, 6.07) is 8.11. The van der Waals surface area contributed by atoms with Crippen molar-refractivity contribution in [3.8, 4) is 11.1 Å². The molecule has 0 spiro atoms. The topological polar surface area (TPSA) is 119 Å². The summed E-state index contributed by atoms with van der Waals surface area (Å²) in [6.07, 6.45) is 3.35. The van der Waals surface area contributed by atoms with Gasteiger partial charge in [0.2, 0.25) is 5.95 Å². The molecule has 8 nitrogen and oxygen atoms in total. The van der Waals surface area contributed by atoms with Crippen LogP contribution >= 0.6 is 0 Å². The zero-order valence-electron chi connectivity index (χ0n) is 17.9. The second-order valence-electron chi connectivity index (χ2n) is 7.68. The van der Waals surface area contributed by atoms with Crippen LogP contribution in [0.25, 0.3) is 22.0 Å². The fraction of sp³-hybridized carbons (Fsp3) is 0.217. The number of anilines is 1. The largest absolute Gasteiger partial charge is 0.390 e. The molecule has 0 saturated heterocycles. The number of nitrogens with two attached hydrogens (primary N) is 1. The van der Waals surface area contributed by atoms with Gasteiger partial charge >= 0.3 is 0 Å². The molecule has 1 aromatic carbocycles. The first kappa shape index (κ1) is 21.4. The summed E-state index contributed by atoms with van der Waals surface area (Å²) in [5.74, 6) is -1.32. The Bertz CT molecular complexity index is 1330. The number of nitrogens with zero attached hydrogens (tertiary/aromatic N) is 4. The van der Waals surface area contributed by atoms with Gasteiger partial charge in [-0.1, -0.05) is 6.07 Å². The van der Waals surface area contributed by atoms with Crippen molar-refractivity contribution in [1.82, 2.24) is 19.7 Å². The van der Waals surface area contributed by atoms with Gasteiger partial charge in [0.15, 0.2) is 0 Å². The summed E-state index contributed by atoms with van der Waals surface area (Å²) < 4.78 is 16.3. The van der Waals surface area contributed by atoms with Crippen LogP contribution < -0.4 is 11.1 Å². The van der Waals surface area contributed by atoms with E-state index in [1.807, 2.05) is 27.1 Å². The Kier molecular flexibility index (Phi) is 5.58. The number of fused-ring (bicyclic) bond motifs is 1. The molecule has 4 N–H and O–H groups in total. The van der Waals surface area contributed by atoms with E-state index in [1.165, 1.54) is 6.20 Å². The molecule has 4 aromatic rings. The summed E-state index contributed by atoms with van der Waals surface area (Å²) in [4.78, 5) is 20.3. The molecule has 0 aliphatic heterocycles. The molecule has 0 aliphatic carbocycles. The third-order valence-corrected chi connectivity index (χ3v) is 5.33. The van der Waals surface area contributed by atoms with Crippen LogP contribution in [0, 0.1) is 12.9 Å². The van der Waals surface area contributed by atoms with Crippen LogP contribution in [0.15, 0.2) is 42.7 Å². The lowest BCUT2D eigenvalue weighted by atomic mass is 10.0. The number of aryl methyl sites for hydroxylation is 2. The molecule has 32 heavy (non-hydrogen) atoms. The summed E-state index contributed by atoms with van der Waals surface area (Å²) in [7, 11) is 1.84. The van der Waals surface area contributed by atoms with E-state index in [0.29, 0.717) is 22.2 Å². The number of hydrogen-bond donors (Lipinski definition) is 3. The number of rotatable bonds is 6. The molecule has 1 amide bonds. The summed E-state index contributed by atoms with van der Waals surface area (Å²) in [5.41, 5.74) is 9.88. The van der Waals surface area contributed by atoms with Crippen molar-refractivity contribution in [1.29, 1.82) is 0 Å². The molecule has 0 aliphatic rings. The third-order valence-electron chi connectivity index (χ3n) is 5.33. The molecular weight excluding hydrogens is 411 g/mol. The number of benzene rings is 1. The molecule has 9 heteroatoms. The second kappa shape index (κ2) is 8.35. The lowest BCUT2D eigenvalue weighted by molar-refractivity contribution is 0.100. The smallest absolute Gasteiger partial charge is 0.252 e. The maximum atomic E-state index is 14.6. The van der Waals surface area contributed by atoms with Gasteiger partial charge in [-0.15, -0.1) is 0 Å². The van der Waals surface area contributed by atoms with Crippen molar-refractivity contribution in [2.45, 2.75) is 26.5 Å². The van der Waals surface area contributed by atoms with E-state index in [1.54, 1.807) is 35.0 Å². The highest BCUT2D eigenvalue weighted by Gasteiger charge is 2.19. The predicted octanol–water partition coefficient (Wildman–Crippen LogP) is 3.24. The molecule has 3 heterocycles. The first-order chi connectivity index (χ1) is 15.3. The number of carbonyl (C=O) groups is 1. The second-order valence-corrected chi connectivity index (χ2v) is 7.68. The number of aromatic nitrogens is 4. The van der Waals surface area contributed by atoms with Crippen molar-refractivity contribution in [2.75, 3.05) is 5.32 Å². The van der Waals surface area contributed by atoms with Crippen LogP contribution in [0.5, 0.6) is 0 Å². The van der Waals surface area contributed by atoms with Crippen molar-refractivity contribution >= 4 is 22.5 Å². The Hall–Kier alpha value is -3.85. The SMILES string of the molecule is Cc1cn(C)nc1C(C)Nc1c(C(N)=O)cnc2ccc(-c3ccc(CO)nc3F)cc12. The number of aliphatic hydroxyl groups is 1. The van der Waals surface area contributed by atoms with Crippen molar-refractivity contribution in [2.24, 2.45) is 12.8 Å². The number of carbonyl (C=O) groups excluding carboxylic acids is 1. The fourth-order valence-electron chi connectivity index (χ4n) is 3.81. The Morgan fingerprint density at radius 3 is 2.72 bits per heavy atom. The number of aliphatic hydroxyl groups excluding tert-OH is 1. The van der Waals surface area contributed by atoms with E-state index in [2.05, 4.69) is 20.4 Å². The summed E-state index contributed by atoms with van der Waals surface area (Å²) in [6.45, 7) is 3.55. The van der Waals surface area contributed by atoms with Gasteiger partial charge < -0.3 is 16.2 Å². The number of nitrogens with one attached hydrogen (secondary N) is 1.